The first-order valence-electron chi connectivity index (χ1n) is 8.19. The van der Waals surface area contributed by atoms with E-state index in [4.69, 9.17) is 9.26 Å². The molecule has 1 aliphatic rings. The lowest BCUT2D eigenvalue weighted by molar-refractivity contribution is 0.190. The van der Waals surface area contributed by atoms with Gasteiger partial charge < -0.3 is 14.6 Å². The Bertz CT molecular complexity index is 847. The van der Waals surface area contributed by atoms with Gasteiger partial charge in [0.25, 0.3) is 5.89 Å². The van der Waals surface area contributed by atoms with Crippen LogP contribution < -0.4 is 10.1 Å². The van der Waals surface area contributed by atoms with E-state index in [0.717, 1.165) is 31.1 Å². The second kappa shape index (κ2) is 7.86. The Morgan fingerprint density at radius 2 is 2.04 bits per heavy atom. The predicted molar refractivity (Wildman–Crippen MR) is 98.9 cm³/mol. The summed E-state index contributed by atoms with van der Waals surface area (Å²) < 4.78 is 12.4. The van der Waals surface area contributed by atoms with E-state index in [9.17, 15) is 0 Å². The standard InChI is InChI=1S/C17H20N6O2.ClH/c1-22-10-8-18-11-15(22)16-19-17(25-21-16)14-7-9-23(20-14)12-3-5-13(24-2)6-4-12;/h3-7,9,15,18H,8,10-11H2,1-2H3;1H. The molecule has 1 aliphatic heterocycles. The molecular formula is C17H21ClN6O2. The van der Waals surface area contributed by atoms with Gasteiger partial charge >= 0.3 is 0 Å². The highest BCUT2D eigenvalue weighted by Crippen LogP contribution is 2.22. The van der Waals surface area contributed by atoms with Crippen molar-refractivity contribution in [3.8, 4) is 23.0 Å². The van der Waals surface area contributed by atoms with Crippen molar-refractivity contribution in [2.75, 3.05) is 33.8 Å². The summed E-state index contributed by atoms with van der Waals surface area (Å²) >= 11 is 0. The molecule has 3 aromatic rings. The Balaban J connectivity index is 0.00000196. The van der Waals surface area contributed by atoms with Crippen LogP contribution in [0.15, 0.2) is 41.1 Å². The van der Waals surface area contributed by atoms with Crippen molar-refractivity contribution in [3.63, 3.8) is 0 Å². The van der Waals surface area contributed by atoms with Gasteiger partial charge in [0.1, 0.15) is 5.75 Å². The van der Waals surface area contributed by atoms with Crippen molar-refractivity contribution in [3.05, 3.63) is 42.4 Å². The van der Waals surface area contributed by atoms with Crippen LogP contribution in [0.4, 0.5) is 0 Å². The second-order valence-corrected chi connectivity index (χ2v) is 6.00. The molecule has 2 aromatic heterocycles. The van der Waals surface area contributed by atoms with Crippen molar-refractivity contribution in [1.82, 2.24) is 30.1 Å². The molecule has 138 valence electrons. The summed E-state index contributed by atoms with van der Waals surface area (Å²) in [7, 11) is 3.72. The molecule has 0 radical (unpaired) electrons. The van der Waals surface area contributed by atoms with Gasteiger partial charge in [-0.3, -0.25) is 4.90 Å². The molecule has 1 unspecified atom stereocenters. The SMILES string of the molecule is COc1ccc(-n2ccc(-c3nc(C4CNCCN4C)no3)n2)cc1.Cl. The summed E-state index contributed by atoms with van der Waals surface area (Å²) in [6.07, 6.45) is 1.87. The third-order valence-electron chi connectivity index (χ3n) is 4.40. The Labute approximate surface area is 157 Å². The minimum absolute atomic E-state index is 0. The molecule has 1 saturated heterocycles. The first kappa shape index (κ1) is 18.4. The smallest absolute Gasteiger partial charge is 0.278 e. The third-order valence-corrected chi connectivity index (χ3v) is 4.40. The van der Waals surface area contributed by atoms with E-state index in [1.165, 1.54) is 0 Å². The zero-order valence-corrected chi connectivity index (χ0v) is 15.4. The van der Waals surface area contributed by atoms with Gasteiger partial charge in [0, 0.05) is 25.8 Å². The number of aromatic nitrogens is 4. The number of nitrogens with zero attached hydrogens (tertiary/aromatic N) is 5. The van der Waals surface area contributed by atoms with Crippen LogP contribution in [-0.4, -0.2) is 58.6 Å². The predicted octanol–water partition coefficient (Wildman–Crippen LogP) is 1.93. The minimum atomic E-state index is 0. The van der Waals surface area contributed by atoms with Crippen LogP contribution in [-0.2, 0) is 0 Å². The quantitative estimate of drug-likeness (QED) is 0.745. The maximum absolute atomic E-state index is 5.43. The molecule has 0 aliphatic carbocycles. The summed E-state index contributed by atoms with van der Waals surface area (Å²) in [4.78, 5) is 6.76. The van der Waals surface area contributed by atoms with E-state index in [0.29, 0.717) is 17.4 Å². The average Bonchev–Trinajstić information content (AvgIpc) is 3.32. The van der Waals surface area contributed by atoms with Crippen LogP contribution >= 0.6 is 12.4 Å². The van der Waals surface area contributed by atoms with E-state index in [1.807, 2.05) is 36.5 Å². The number of benzene rings is 1. The number of piperazine rings is 1. The largest absolute Gasteiger partial charge is 0.497 e. The van der Waals surface area contributed by atoms with Crippen LogP contribution in [0.3, 0.4) is 0 Å². The highest BCUT2D eigenvalue weighted by Gasteiger charge is 2.26. The summed E-state index contributed by atoms with van der Waals surface area (Å²) in [5, 5.41) is 12.0. The van der Waals surface area contributed by atoms with Crippen LogP contribution in [0.2, 0.25) is 0 Å². The molecule has 1 aromatic carbocycles. The fourth-order valence-electron chi connectivity index (χ4n) is 2.89. The zero-order chi connectivity index (χ0) is 17.2. The Morgan fingerprint density at radius 3 is 2.77 bits per heavy atom. The number of hydrogen-bond donors (Lipinski definition) is 1. The summed E-state index contributed by atoms with van der Waals surface area (Å²) in [5.74, 6) is 1.92. The van der Waals surface area contributed by atoms with Crippen LogP contribution in [0, 0.1) is 0 Å². The molecule has 9 heteroatoms. The first-order chi connectivity index (χ1) is 12.2. The molecule has 8 nitrogen and oxygen atoms in total. The van der Waals surface area contributed by atoms with Crippen LogP contribution in [0.25, 0.3) is 17.3 Å². The topological polar surface area (TPSA) is 81.2 Å². The van der Waals surface area contributed by atoms with Gasteiger partial charge in [-0.2, -0.15) is 10.1 Å². The maximum atomic E-state index is 5.43. The molecule has 1 fully saturated rings. The Kier molecular flexibility index (Phi) is 5.55. The van der Waals surface area contributed by atoms with E-state index in [1.54, 1.807) is 11.8 Å². The fraction of sp³-hybridized carbons (Fsp3) is 0.353. The summed E-state index contributed by atoms with van der Waals surface area (Å²) in [6.45, 7) is 2.75. The second-order valence-electron chi connectivity index (χ2n) is 6.00. The van der Waals surface area contributed by atoms with Crippen LogP contribution in [0.5, 0.6) is 5.75 Å². The van der Waals surface area contributed by atoms with Crippen molar-refractivity contribution >= 4 is 12.4 Å². The van der Waals surface area contributed by atoms with Gasteiger partial charge in [-0.15, -0.1) is 12.4 Å². The molecule has 0 bridgehead atoms. The van der Waals surface area contributed by atoms with Gasteiger partial charge in [-0.1, -0.05) is 5.16 Å². The molecular weight excluding hydrogens is 356 g/mol. The van der Waals surface area contributed by atoms with E-state index >= 15 is 0 Å². The lowest BCUT2D eigenvalue weighted by Crippen LogP contribution is -2.44. The number of ether oxygens (including phenoxy) is 1. The van der Waals surface area contributed by atoms with Crippen molar-refractivity contribution < 1.29 is 9.26 Å². The average molecular weight is 377 g/mol. The first-order valence-corrected chi connectivity index (χ1v) is 8.19. The van der Waals surface area contributed by atoms with E-state index in [-0.39, 0.29) is 18.4 Å². The molecule has 4 rings (SSSR count). The molecule has 1 N–H and O–H groups in total. The fourth-order valence-corrected chi connectivity index (χ4v) is 2.89. The molecule has 0 amide bonds. The molecule has 3 heterocycles. The Hall–Kier alpha value is -2.42. The van der Waals surface area contributed by atoms with Gasteiger partial charge in [0.15, 0.2) is 11.5 Å². The molecule has 0 spiro atoms. The highest BCUT2D eigenvalue weighted by molar-refractivity contribution is 5.85. The Morgan fingerprint density at radius 1 is 1.23 bits per heavy atom. The third kappa shape index (κ3) is 3.57. The van der Waals surface area contributed by atoms with Gasteiger partial charge in [-0.25, -0.2) is 4.68 Å². The van der Waals surface area contributed by atoms with Crippen molar-refractivity contribution in [2.24, 2.45) is 0 Å². The number of methoxy groups -OCH3 is 1. The normalized spacial score (nSPS) is 17.7. The lowest BCUT2D eigenvalue weighted by atomic mass is 10.2. The van der Waals surface area contributed by atoms with Gasteiger partial charge in [0.05, 0.1) is 18.8 Å². The zero-order valence-electron chi connectivity index (χ0n) is 14.6. The lowest BCUT2D eigenvalue weighted by Gasteiger charge is -2.30. The van der Waals surface area contributed by atoms with Gasteiger partial charge in [-0.05, 0) is 37.4 Å². The van der Waals surface area contributed by atoms with E-state index in [2.05, 4.69) is 32.5 Å². The highest BCUT2D eigenvalue weighted by atomic mass is 35.5. The molecule has 1 atom stereocenters. The summed E-state index contributed by atoms with van der Waals surface area (Å²) in [6, 6.07) is 9.66. The van der Waals surface area contributed by atoms with Crippen molar-refractivity contribution in [1.29, 1.82) is 0 Å². The van der Waals surface area contributed by atoms with Gasteiger partial charge in [0.2, 0.25) is 0 Å². The molecule has 26 heavy (non-hydrogen) atoms. The number of halogens is 1. The number of likely N-dealkylation sites (N-methyl/N-ethyl adjacent to an activating group) is 1. The number of hydrogen-bond acceptors (Lipinski definition) is 7. The minimum Gasteiger partial charge on any atom is -0.497 e. The van der Waals surface area contributed by atoms with Crippen molar-refractivity contribution in [2.45, 2.75) is 6.04 Å². The van der Waals surface area contributed by atoms with E-state index < -0.39 is 0 Å². The molecule has 0 saturated carbocycles. The monoisotopic (exact) mass is 376 g/mol. The number of nitrogens with one attached hydrogen (secondary N) is 1. The van der Waals surface area contributed by atoms with Crippen LogP contribution in [0.1, 0.15) is 11.9 Å². The summed E-state index contributed by atoms with van der Waals surface area (Å²) in [5.41, 5.74) is 1.59. The number of rotatable bonds is 4. The maximum Gasteiger partial charge on any atom is 0.278 e.